The third-order valence-electron chi connectivity index (χ3n) is 5.49. The predicted octanol–water partition coefficient (Wildman–Crippen LogP) is 2.48. The second-order valence-corrected chi connectivity index (χ2v) is 7.78. The summed E-state index contributed by atoms with van der Waals surface area (Å²) in [6, 6.07) is 13.3. The largest absolute Gasteiger partial charge is 0.368 e. The Hall–Kier alpha value is -2.60. The number of carbonyl (C=O) groups is 2. The van der Waals surface area contributed by atoms with Gasteiger partial charge in [-0.15, -0.1) is 0 Å². The Bertz CT molecular complexity index is 862. The maximum atomic E-state index is 13.0. The number of nitrogens with one attached hydrogen (secondary N) is 1. The van der Waals surface area contributed by atoms with E-state index in [9.17, 15) is 9.59 Å². The van der Waals surface area contributed by atoms with E-state index in [1.54, 1.807) is 6.20 Å². The minimum Gasteiger partial charge on any atom is -0.368 e. The quantitative estimate of drug-likeness (QED) is 0.786. The average Bonchev–Trinajstić information content (AvgIpc) is 3.54. The van der Waals surface area contributed by atoms with Crippen molar-refractivity contribution in [3.05, 3.63) is 59.4 Å². The molecule has 2 heterocycles. The molecule has 1 aliphatic carbocycles. The molecule has 28 heavy (non-hydrogen) atoms. The Kier molecular flexibility index (Phi) is 5.22. The van der Waals surface area contributed by atoms with Crippen molar-refractivity contribution in [3.8, 4) is 0 Å². The number of anilines is 1. The monoisotopic (exact) mass is 398 g/mol. The van der Waals surface area contributed by atoms with Crippen LogP contribution in [0.25, 0.3) is 0 Å². The van der Waals surface area contributed by atoms with Gasteiger partial charge in [0.2, 0.25) is 11.8 Å². The number of hydrogen-bond donors (Lipinski definition) is 1. The van der Waals surface area contributed by atoms with E-state index in [0.29, 0.717) is 37.5 Å². The molecule has 2 amide bonds. The van der Waals surface area contributed by atoms with Crippen LogP contribution in [-0.2, 0) is 16.1 Å². The average molecular weight is 399 g/mol. The lowest BCUT2D eigenvalue weighted by atomic mass is 10.0. The molecule has 4 rings (SSSR count). The lowest BCUT2D eigenvalue weighted by Gasteiger charge is -2.37. The minimum atomic E-state index is -0.882. The first kappa shape index (κ1) is 18.7. The first-order valence-corrected chi connectivity index (χ1v) is 9.94. The maximum Gasteiger partial charge on any atom is 0.238 e. The standard InChI is InChI=1S/C21H23ClN4O2/c22-16-4-3-6-18(14-16)25-10-12-26(13-11-25)20(28)21(7-8-21)19(27)24-15-17-5-1-2-9-23-17/h1-6,9,14H,7-8,10-13,15H2,(H,24,27). The Labute approximate surface area is 169 Å². The van der Waals surface area contributed by atoms with Crippen molar-refractivity contribution in [2.45, 2.75) is 19.4 Å². The van der Waals surface area contributed by atoms with Crippen LogP contribution in [0.2, 0.25) is 5.02 Å². The maximum absolute atomic E-state index is 13.0. The zero-order chi connectivity index (χ0) is 19.6. The smallest absolute Gasteiger partial charge is 0.238 e. The highest BCUT2D eigenvalue weighted by Crippen LogP contribution is 2.47. The zero-order valence-electron chi connectivity index (χ0n) is 15.6. The third-order valence-corrected chi connectivity index (χ3v) is 5.73. The fourth-order valence-corrected chi connectivity index (χ4v) is 3.83. The summed E-state index contributed by atoms with van der Waals surface area (Å²) < 4.78 is 0. The molecule has 146 valence electrons. The highest BCUT2D eigenvalue weighted by Gasteiger charge is 2.58. The van der Waals surface area contributed by atoms with Crippen molar-refractivity contribution in [2.24, 2.45) is 5.41 Å². The van der Waals surface area contributed by atoms with Crippen LogP contribution in [0.15, 0.2) is 48.7 Å². The van der Waals surface area contributed by atoms with Crippen LogP contribution in [0.4, 0.5) is 5.69 Å². The van der Waals surface area contributed by atoms with Crippen LogP contribution < -0.4 is 10.2 Å². The van der Waals surface area contributed by atoms with Crippen LogP contribution in [0, 0.1) is 5.41 Å². The highest BCUT2D eigenvalue weighted by molar-refractivity contribution is 6.30. The van der Waals surface area contributed by atoms with Crippen molar-refractivity contribution in [3.63, 3.8) is 0 Å². The lowest BCUT2D eigenvalue weighted by molar-refractivity contribution is -0.144. The summed E-state index contributed by atoms with van der Waals surface area (Å²) in [5, 5.41) is 3.59. The van der Waals surface area contributed by atoms with Gasteiger partial charge < -0.3 is 15.1 Å². The Morgan fingerprint density at radius 3 is 2.50 bits per heavy atom. The second kappa shape index (κ2) is 7.80. The normalized spacial score (nSPS) is 17.9. The van der Waals surface area contributed by atoms with Gasteiger partial charge in [-0.2, -0.15) is 0 Å². The number of piperazine rings is 1. The van der Waals surface area contributed by atoms with E-state index in [0.717, 1.165) is 24.5 Å². The lowest BCUT2D eigenvalue weighted by Crippen LogP contribution is -2.53. The summed E-state index contributed by atoms with van der Waals surface area (Å²) in [5.41, 5.74) is 0.968. The molecule has 1 aromatic carbocycles. The molecule has 0 atom stereocenters. The molecule has 7 heteroatoms. The molecule has 0 radical (unpaired) electrons. The molecular formula is C21H23ClN4O2. The van der Waals surface area contributed by atoms with Gasteiger partial charge in [0.25, 0.3) is 0 Å². The first-order chi connectivity index (χ1) is 13.6. The zero-order valence-corrected chi connectivity index (χ0v) is 16.4. The minimum absolute atomic E-state index is 0.0447. The molecule has 2 aromatic rings. The number of rotatable bonds is 5. The van der Waals surface area contributed by atoms with Gasteiger partial charge in [-0.1, -0.05) is 23.7 Å². The van der Waals surface area contributed by atoms with Crippen molar-refractivity contribution in [1.29, 1.82) is 0 Å². The molecule has 2 fully saturated rings. The molecule has 1 saturated carbocycles. The van der Waals surface area contributed by atoms with E-state index in [1.165, 1.54) is 0 Å². The van der Waals surface area contributed by atoms with E-state index in [2.05, 4.69) is 15.2 Å². The van der Waals surface area contributed by atoms with Crippen LogP contribution >= 0.6 is 11.6 Å². The number of halogens is 1. The number of hydrogen-bond acceptors (Lipinski definition) is 4. The number of carbonyl (C=O) groups excluding carboxylic acids is 2. The molecule has 1 N–H and O–H groups in total. The SMILES string of the molecule is O=C(NCc1ccccn1)C1(C(=O)N2CCN(c3cccc(Cl)c3)CC2)CC1. The number of aromatic nitrogens is 1. The summed E-state index contributed by atoms with van der Waals surface area (Å²) >= 11 is 6.08. The van der Waals surface area contributed by atoms with E-state index in [-0.39, 0.29) is 11.8 Å². The summed E-state index contributed by atoms with van der Waals surface area (Å²) in [5.74, 6) is -0.225. The number of benzene rings is 1. The molecule has 1 aromatic heterocycles. The van der Waals surface area contributed by atoms with Crippen molar-refractivity contribution < 1.29 is 9.59 Å². The number of pyridine rings is 1. The van der Waals surface area contributed by atoms with E-state index in [4.69, 9.17) is 11.6 Å². The second-order valence-electron chi connectivity index (χ2n) is 7.34. The summed E-state index contributed by atoms with van der Waals surface area (Å²) in [6.07, 6.45) is 2.93. The van der Waals surface area contributed by atoms with Gasteiger partial charge in [0.1, 0.15) is 5.41 Å². The Morgan fingerprint density at radius 2 is 1.86 bits per heavy atom. The highest BCUT2D eigenvalue weighted by atomic mass is 35.5. The molecule has 1 aliphatic heterocycles. The number of nitrogens with zero attached hydrogens (tertiary/aromatic N) is 3. The molecule has 0 unspecified atom stereocenters. The Morgan fingerprint density at radius 1 is 1.07 bits per heavy atom. The van der Waals surface area contributed by atoms with Crippen LogP contribution in [0.3, 0.4) is 0 Å². The Balaban J connectivity index is 1.33. The molecule has 2 aliphatic rings. The topological polar surface area (TPSA) is 65.5 Å². The van der Waals surface area contributed by atoms with E-state index < -0.39 is 5.41 Å². The summed E-state index contributed by atoms with van der Waals surface area (Å²) in [4.78, 5) is 34.0. The fraction of sp³-hybridized carbons (Fsp3) is 0.381. The summed E-state index contributed by atoms with van der Waals surface area (Å²) in [6.45, 7) is 3.04. The van der Waals surface area contributed by atoms with Gasteiger partial charge in [-0.25, -0.2) is 0 Å². The van der Waals surface area contributed by atoms with Gasteiger partial charge >= 0.3 is 0 Å². The van der Waals surface area contributed by atoms with E-state index in [1.807, 2.05) is 47.4 Å². The van der Waals surface area contributed by atoms with Crippen molar-refractivity contribution in [1.82, 2.24) is 15.2 Å². The van der Waals surface area contributed by atoms with Crippen LogP contribution in [0.1, 0.15) is 18.5 Å². The van der Waals surface area contributed by atoms with Crippen LogP contribution in [-0.4, -0.2) is 47.9 Å². The molecule has 0 bridgehead atoms. The van der Waals surface area contributed by atoms with Crippen molar-refractivity contribution >= 4 is 29.1 Å². The predicted molar refractivity (Wildman–Crippen MR) is 108 cm³/mol. The molecule has 6 nitrogen and oxygen atoms in total. The molecular weight excluding hydrogens is 376 g/mol. The van der Waals surface area contributed by atoms with Gasteiger partial charge in [0, 0.05) is 43.1 Å². The molecule has 0 spiro atoms. The fourth-order valence-electron chi connectivity index (χ4n) is 3.65. The van der Waals surface area contributed by atoms with Crippen LogP contribution in [0.5, 0.6) is 0 Å². The van der Waals surface area contributed by atoms with Gasteiger partial charge in [0.15, 0.2) is 0 Å². The van der Waals surface area contributed by atoms with Gasteiger partial charge in [0.05, 0.1) is 12.2 Å². The van der Waals surface area contributed by atoms with Gasteiger partial charge in [-0.05, 0) is 43.2 Å². The third kappa shape index (κ3) is 3.83. The summed E-state index contributed by atoms with van der Waals surface area (Å²) in [7, 11) is 0. The van der Waals surface area contributed by atoms with Gasteiger partial charge in [-0.3, -0.25) is 14.6 Å². The number of amides is 2. The molecule has 1 saturated heterocycles. The van der Waals surface area contributed by atoms with E-state index >= 15 is 0 Å². The van der Waals surface area contributed by atoms with Crippen molar-refractivity contribution in [2.75, 3.05) is 31.1 Å². The first-order valence-electron chi connectivity index (χ1n) is 9.57.